The van der Waals surface area contributed by atoms with Crippen molar-refractivity contribution in [1.82, 2.24) is 15.2 Å². The maximum absolute atomic E-state index is 13.5. The third-order valence-electron chi connectivity index (χ3n) is 6.66. The van der Waals surface area contributed by atoms with Gasteiger partial charge in [-0.15, -0.1) is 10.2 Å². The van der Waals surface area contributed by atoms with Gasteiger partial charge in [0.1, 0.15) is 5.76 Å². The summed E-state index contributed by atoms with van der Waals surface area (Å²) in [5.74, 6) is 0.218. The molecule has 0 spiro atoms. The highest BCUT2D eigenvalue weighted by Crippen LogP contribution is 2.45. The molecule has 1 N–H and O–H groups in total. The van der Waals surface area contributed by atoms with E-state index in [0.29, 0.717) is 45.2 Å². The Labute approximate surface area is 252 Å². The second-order valence-electron chi connectivity index (χ2n) is 9.97. The minimum atomic E-state index is -0.975. The van der Waals surface area contributed by atoms with Gasteiger partial charge in [-0.3, -0.25) is 19.5 Å². The number of aromatic nitrogens is 3. The number of carbonyl (C=O) groups is 2. The number of carbonyl (C=O) groups excluding carboxylic acids is 2. The van der Waals surface area contributed by atoms with E-state index >= 15 is 0 Å². The van der Waals surface area contributed by atoms with E-state index in [0.717, 1.165) is 12.0 Å². The van der Waals surface area contributed by atoms with Crippen LogP contribution in [0.4, 0.5) is 5.13 Å². The van der Waals surface area contributed by atoms with Crippen molar-refractivity contribution >= 4 is 45.7 Å². The van der Waals surface area contributed by atoms with Gasteiger partial charge in [0.15, 0.2) is 15.8 Å². The number of thioether (sulfide) groups is 1. The van der Waals surface area contributed by atoms with Gasteiger partial charge in [-0.1, -0.05) is 73.3 Å². The zero-order valence-electron chi connectivity index (χ0n) is 23.4. The molecule has 11 heteroatoms. The predicted octanol–water partition coefficient (Wildman–Crippen LogP) is 6.29. The van der Waals surface area contributed by atoms with Crippen LogP contribution in [0.15, 0.2) is 83.0 Å². The number of nitrogens with zero attached hydrogens (tertiary/aromatic N) is 4. The first-order valence-corrected chi connectivity index (χ1v) is 15.2. The molecule has 1 fully saturated rings. The minimum Gasteiger partial charge on any atom is -0.507 e. The van der Waals surface area contributed by atoms with Crippen molar-refractivity contribution < 1.29 is 24.2 Å². The summed E-state index contributed by atoms with van der Waals surface area (Å²) >= 11 is 2.70. The molecule has 9 nitrogen and oxygen atoms in total. The van der Waals surface area contributed by atoms with E-state index in [4.69, 9.17) is 9.47 Å². The van der Waals surface area contributed by atoms with Crippen LogP contribution in [0.5, 0.6) is 11.5 Å². The predicted molar refractivity (Wildman–Crippen MR) is 163 cm³/mol. The topological polar surface area (TPSA) is 115 Å². The van der Waals surface area contributed by atoms with E-state index in [1.165, 1.54) is 47.5 Å². The summed E-state index contributed by atoms with van der Waals surface area (Å²) in [5.41, 5.74) is 1.98. The van der Waals surface area contributed by atoms with Gasteiger partial charge in [0.2, 0.25) is 5.13 Å². The van der Waals surface area contributed by atoms with Crippen LogP contribution in [0.1, 0.15) is 43.0 Å². The minimum absolute atomic E-state index is 0.0598. The van der Waals surface area contributed by atoms with Crippen molar-refractivity contribution in [2.45, 2.75) is 36.4 Å². The molecule has 4 aromatic rings. The molecule has 216 valence electrons. The second-order valence-corrected chi connectivity index (χ2v) is 12.1. The number of aliphatic hydroxyl groups excluding tert-OH is 1. The largest absolute Gasteiger partial charge is 0.507 e. The Morgan fingerprint density at radius 2 is 1.81 bits per heavy atom. The number of hydrogen-bond donors (Lipinski definition) is 1. The molecule has 0 saturated carbocycles. The number of methoxy groups -OCH3 is 1. The molecule has 1 amide bonds. The van der Waals surface area contributed by atoms with E-state index in [1.807, 2.05) is 30.3 Å². The first-order chi connectivity index (χ1) is 20.4. The number of benzene rings is 2. The van der Waals surface area contributed by atoms with Crippen LogP contribution in [0.2, 0.25) is 0 Å². The zero-order chi connectivity index (χ0) is 29.6. The Morgan fingerprint density at radius 1 is 1.05 bits per heavy atom. The number of aliphatic hydroxyl groups is 1. The summed E-state index contributed by atoms with van der Waals surface area (Å²) in [4.78, 5) is 32.3. The normalized spacial score (nSPS) is 16.3. The lowest BCUT2D eigenvalue weighted by Crippen LogP contribution is -2.29. The van der Waals surface area contributed by atoms with Crippen molar-refractivity contribution in [3.05, 3.63) is 95.3 Å². The average Bonchev–Trinajstić information content (AvgIpc) is 3.58. The Bertz CT molecular complexity index is 1590. The Morgan fingerprint density at radius 3 is 2.52 bits per heavy atom. The van der Waals surface area contributed by atoms with Crippen molar-refractivity contribution in [2.75, 3.05) is 18.6 Å². The van der Waals surface area contributed by atoms with Crippen LogP contribution in [-0.2, 0) is 15.3 Å². The van der Waals surface area contributed by atoms with E-state index in [9.17, 15) is 14.7 Å². The molecule has 0 radical (unpaired) electrons. The van der Waals surface area contributed by atoms with Crippen LogP contribution < -0.4 is 14.4 Å². The van der Waals surface area contributed by atoms with Crippen LogP contribution in [0.3, 0.4) is 0 Å². The fourth-order valence-corrected chi connectivity index (χ4v) is 6.29. The molecule has 0 bridgehead atoms. The van der Waals surface area contributed by atoms with Gasteiger partial charge in [0.05, 0.1) is 25.3 Å². The van der Waals surface area contributed by atoms with Gasteiger partial charge in [-0.25, -0.2) is 0 Å². The third kappa shape index (κ3) is 6.32. The number of rotatable bonds is 11. The summed E-state index contributed by atoms with van der Waals surface area (Å²) in [6.45, 7) is 4.76. The highest BCUT2D eigenvalue weighted by atomic mass is 32.2. The Balaban J connectivity index is 1.54. The first kappa shape index (κ1) is 29.3. The summed E-state index contributed by atoms with van der Waals surface area (Å²) in [6, 6.07) is 17.4. The molecule has 42 heavy (non-hydrogen) atoms. The number of Topliss-reactive ketones (excluding diaryl/α,β-unsaturated/α-hetero) is 1. The SMILES string of the molecule is COc1cc(C2/C(=C(\O)c3ccncc3)C(=O)C(=O)N2c2nnc(SCc3ccccc3)s2)ccc1OCCC(C)C. The molecular formula is C31H30N4O5S2. The number of anilines is 1. The molecule has 1 aliphatic rings. The molecule has 2 aromatic heterocycles. The maximum Gasteiger partial charge on any atom is 0.301 e. The lowest BCUT2D eigenvalue weighted by atomic mass is 9.95. The molecular weight excluding hydrogens is 572 g/mol. The molecule has 1 unspecified atom stereocenters. The molecule has 1 aliphatic heterocycles. The van der Waals surface area contributed by atoms with Gasteiger partial charge in [-0.05, 0) is 47.7 Å². The number of hydrogen-bond acceptors (Lipinski definition) is 10. The Kier molecular flexibility index (Phi) is 9.19. The lowest BCUT2D eigenvalue weighted by Gasteiger charge is -2.23. The number of ether oxygens (including phenoxy) is 2. The molecule has 5 rings (SSSR count). The van der Waals surface area contributed by atoms with Gasteiger partial charge in [-0.2, -0.15) is 0 Å². The zero-order valence-corrected chi connectivity index (χ0v) is 25.0. The lowest BCUT2D eigenvalue weighted by molar-refractivity contribution is -0.132. The fraction of sp³-hybridized carbons (Fsp3) is 0.258. The summed E-state index contributed by atoms with van der Waals surface area (Å²) in [6.07, 6.45) is 3.89. The molecule has 3 heterocycles. The van der Waals surface area contributed by atoms with E-state index in [2.05, 4.69) is 29.0 Å². The van der Waals surface area contributed by atoms with E-state index in [1.54, 1.807) is 30.3 Å². The monoisotopic (exact) mass is 602 g/mol. The average molecular weight is 603 g/mol. The van der Waals surface area contributed by atoms with Gasteiger partial charge in [0.25, 0.3) is 5.78 Å². The van der Waals surface area contributed by atoms with Crippen LogP contribution in [0, 0.1) is 5.92 Å². The standard InChI is InChI=1S/C31H30N4O5S2/c1-19(2)13-16-40-23-10-9-22(17-24(23)39-3)26-25(27(36)21-11-14-32-15-12-21)28(37)29(38)35(26)30-33-34-31(42-30)41-18-20-7-5-4-6-8-20/h4-12,14-15,17,19,26,36H,13,16,18H2,1-3H3/b27-25+. The summed E-state index contributed by atoms with van der Waals surface area (Å²) in [5, 5.41) is 20.1. The number of ketones is 1. The van der Waals surface area contributed by atoms with Gasteiger partial charge < -0.3 is 14.6 Å². The third-order valence-corrected chi connectivity index (χ3v) is 8.79. The van der Waals surface area contributed by atoms with Crippen molar-refractivity contribution in [2.24, 2.45) is 5.92 Å². The second kappa shape index (κ2) is 13.2. The molecule has 2 aromatic carbocycles. The summed E-state index contributed by atoms with van der Waals surface area (Å²) < 4.78 is 12.2. The van der Waals surface area contributed by atoms with Crippen molar-refractivity contribution in [3.8, 4) is 11.5 Å². The quantitative estimate of drug-likeness (QED) is 0.0696. The van der Waals surface area contributed by atoms with Crippen LogP contribution in [-0.4, -0.2) is 45.7 Å². The number of amides is 1. The van der Waals surface area contributed by atoms with E-state index < -0.39 is 17.7 Å². The highest BCUT2D eigenvalue weighted by Gasteiger charge is 2.48. The molecule has 1 atom stereocenters. The fourth-order valence-electron chi connectivity index (χ4n) is 4.47. The molecule has 1 saturated heterocycles. The summed E-state index contributed by atoms with van der Waals surface area (Å²) in [7, 11) is 1.53. The maximum atomic E-state index is 13.5. The van der Waals surface area contributed by atoms with Crippen molar-refractivity contribution in [1.29, 1.82) is 0 Å². The van der Waals surface area contributed by atoms with Crippen molar-refractivity contribution in [3.63, 3.8) is 0 Å². The van der Waals surface area contributed by atoms with Crippen LogP contribution in [0.25, 0.3) is 5.76 Å². The smallest absolute Gasteiger partial charge is 0.301 e. The van der Waals surface area contributed by atoms with Gasteiger partial charge in [0, 0.05) is 23.7 Å². The van der Waals surface area contributed by atoms with E-state index in [-0.39, 0.29) is 16.5 Å². The van der Waals surface area contributed by atoms with Crippen LogP contribution >= 0.6 is 23.1 Å². The highest BCUT2D eigenvalue weighted by molar-refractivity contribution is 8.00. The van der Waals surface area contributed by atoms with Gasteiger partial charge >= 0.3 is 5.91 Å². The Hall–Kier alpha value is -4.22. The first-order valence-electron chi connectivity index (χ1n) is 13.4. The number of pyridine rings is 1. The molecule has 0 aliphatic carbocycles.